The van der Waals surface area contributed by atoms with E-state index < -0.39 is 5.24 Å². The predicted octanol–water partition coefficient (Wildman–Crippen LogP) is 2.42. The third kappa shape index (κ3) is 1.85. The first-order valence-electron chi connectivity index (χ1n) is 2.79. The minimum Gasteiger partial charge on any atom is -0.508 e. The van der Waals surface area contributed by atoms with Gasteiger partial charge in [-0.25, -0.2) is 0 Å². The fraction of sp³-hybridized carbons (Fsp3) is 0. The highest BCUT2D eigenvalue weighted by Crippen LogP contribution is 2.22. The molecule has 58 valence electrons. The molecule has 0 bridgehead atoms. The molecule has 2 nitrogen and oxygen atoms in total. The average Bonchev–Trinajstić information content (AvgIpc) is 1.94. The molecule has 0 aliphatic carbocycles. The van der Waals surface area contributed by atoms with E-state index in [0.29, 0.717) is 0 Å². The van der Waals surface area contributed by atoms with E-state index in [0.717, 1.165) is 0 Å². The van der Waals surface area contributed by atoms with Crippen molar-refractivity contribution < 1.29 is 9.90 Å². The Balaban J connectivity index is 3.23. The van der Waals surface area contributed by atoms with Gasteiger partial charge in [-0.15, -0.1) is 0 Å². The summed E-state index contributed by atoms with van der Waals surface area (Å²) >= 11 is 10.7. The third-order valence-electron chi connectivity index (χ3n) is 1.16. The molecule has 1 aromatic rings. The van der Waals surface area contributed by atoms with Crippen LogP contribution in [0.1, 0.15) is 10.4 Å². The van der Waals surface area contributed by atoms with E-state index in [2.05, 4.69) is 0 Å². The highest BCUT2D eigenvalue weighted by Gasteiger charge is 2.07. The number of aromatic hydroxyl groups is 1. The highest BCUT2D eigenvalue weighted by molar-refractivity contribution is 6.68. The fourth-order valence-electron chi connectivity index (χ4n) is 0.664. The van der Waals surface area contributed by atoms with Crippen LogP contribution >= 0.6 is 23.2 Å². The second-order valence-electron chi connectivity index (χ2n) is 1.94. The maximum absolute atomic E-state index is 10.6. The zero-order valence-electron chi connectivity index (χ0n) is 5.34. The molecule has 0 amide bonds. The zero-order valence-corrected chi connectivity index (χ0v) is 6.86. The number of hydrogen-bond donors (Lipinski definition) is 1. The van der Waals surface area contributed by atoms with E-state index >= 15 is 0 Å². The van der Waals surface area contributed by atoms with Crippen LogP contribution < -0.4 is 0 Å². The Labute approximate surface area is 73.4 Å². The van der Waals surface area contributed by atoms with Crippen LogP contribution in [0.25, 0.3) is 0 Å². The first kappa shape index (κ1) is 8.37. The monoisotopic (exact) mass is 190 g/mol. The molecule has 0 saturated carbocycles. The average molecular weight is 191 g/mol. The number of benzene rings is 1. The first-order chi connectivity index (χ1) is 5.11. The van der Waals surface area contributed by atoms with Crippen LogP contribution in [0.5, 0.6) is 5.75 Å². The molecule has 0 heterocycles. The molecule has 11 heavy (non-hydrogen) atoms. The van der Waals surface area contributed by atoms with E-state index in [4.69, 9.17) is 28.3 Å². The maximum Gasteiger partial charge on any atom is 0.254 e. The summed E-state index contributed by atoms with van der Waals surface area (Å²) in [5, 5.41) is 8.48. The van der Waals surface area contributed by atoms with Gasteiger partial charge < -0.3 is 5.11 Å². The van der Waals surface area contributed by atoms with Gasteiger partial charge in [-0.1, -0.05) is 11.6 Å². The van der Waals surface area contributed by atoms with Crippen molar-refractivity contribution in [1.82, 2.24) is 0 Å². The second-order valence-corrected chi connectivity index (χ2v) is 2.69. The molecule has 0 aromatic heterocycles. The van der Waals surface area contributed by atoms with E-state index in [-0.39, 0.29) is 16.3 Å². The SMILES string of the molecule is O=C(Cl)c1cc(O)ccc1Cl. The minimum absolute atomic E-state index is 0.0293. The summed E-state index contributed by atoms with van der Waals surface area (Å²) in [5.74, 6) is -0.0293. The quantitative estimate of drug-likeness (QED) is 0.692. The molecular formula is C7H4Cl2O2. The Morgan fingerprint density at radius 3 is 2.55 bits per heavy atom. The van der Waals surface area contributed by atoms with Crippen LogP contribution in [0, 0.1) is 0 Å². The van der Waals surface area contributed by atoms with E-state index in [1.165, 1.54) is 18.2 Å². The molecule has 1 aromatic carbocycles. The number of phenolic OH excluding ortho intramolecular Hbond substituents is 1. The predicted molar refractivity (Wildman–Crippen MR) is 43.3 cm³/mol. The molecule has 0 unspecified atom stereocenters. The van der Waals surface area contributed by atoms with Gasteiger partial charge in [0.05, 0.1) is 10.6 Å². The zero-order chi connectivity index (χ0) is 8.43. The number of phenols is 1. The number of carbonyl (C=O) groups excluding carboxylic acids is 1. The molecule has 0 radical (unpaired) electrons. The standard InChI is InChI=1S/C7H4Cl2O2/c8-6-2-1-4(10)3-5(6)7(9)11/h1-3,10H. The molecule has 1 N–H and O–H groups in total. The summed E-state index contributed by atoms with van der Waals surface area (Å²) in [7, 11) is 0. The Morgan fingerprint density at radius 2 is 2.09 bits per heavy atom. The fourth-order valence-corrected chi connectivity index (χ4v) is 1.07. The van der Waals surface area contributed by atoms with Gasteiger partial charge in [-0.3, -0.25) is 4.79 Å². The summed E-state index contributed by atoms with van der Waals surface area (Å²) < 4.78 is 0. The van der Waals surface area contributed by atoms with Crippen LogP contribution in [0.4, 0.5) is 0 Å². The van der Waals surface area contributed by atoms with Crippen molar-refractivity contribution in [2.75, 3.05) is 0 Å². The van der Waals surface area contributed by atoms with Crippen molar-refractivity contribution in [1.29, 1.82) is 0 Å². The molecule has 1 rings (SSSR count). The van der Waals surface area contributed by atoms with Gasteiger partial charge in [0.2, 0.25) is 0 Å². The van der Waals surface area contributed by atoms with Gasteiger partial charge in [0.1, 0.15) is 5.75 Å². The van der Waals surface area contributed by atoms with E-state index in [9.17, 15) is 4.79 Å². The number of halogens is 2. The Bertz CT molecular complexity index is 296. The smallest absolute Gasteiger partial charge is 0.254 e. The number of hydrogen-bond acceptors (Lipinski definition) is 2. The molecule has 0 atom stereocenters. The van der Waals surface area contributed by atoms with Crippen molar-refractivity contribution in [2.24, 2.45) is 0 Å². The lowest BCUT2D eigenvalue weighted by Crippen LogP contribution is -1.88. The maximum atomic E-state index is 10.6. The number of carbonyl (C=O) groups is 1. The highest BCUT2D eigenvalue weighted by atomic mass is 35.5. The van der Waals surface area contributed by atoms with E-state index in [1.807, 2.05) is 0 Å². The largest absolute Gasteiger partial charge is 0.508 e. The van der Waals surface area contributed by atoms with Crippen LogP contribution in [0.3, 0.4) is 0 Å². The van der Waals surface area contributed by atoms with Crippen LogP contribution in [0.2, 0.25) is 5.02 Å². The minimum atomic E-state index is -0.675. The topological polar surface area (TPSA) is 37.3 Å². The normalized spacial score (nSPS) is 9.64. The lowest BCUT2D eigenvalue weighted by Gasteiger charge is -1.97. The van der Waals surface area contributed by atoms with Gasteiger partial charge in [0, 0.05) is 0 Å². The molecule has 0 spiro atoms. The summed E-state index contributed by atoms with van der Waals surface area (Å²) in [5.41, 5.74) is 0.119. The van der Waals surface area contributed by atoms with Crippen molar-refractivity contribution in [2.45, 2.75) is 0 Å². The molecule has 0 aliphatic rings. The second kappa shape index (κ2) is 3.11. The van der Waals surface area contributed by atoms with Crippen molar-refractivity contribution in [3.63, 3.8) is 0 Å². The molecular weight excluding hydrogens is 187 g/mol. The van der Waals surface area contributed by atoms with Gasteiger partial charge in [0.15, 0.2) is 0 Å². The van der Waals surface area contributed by atoms with Crippen LogP contribution in [0.15, 0.2) is 18.2 Å². The molecule has 0 fully saturated rings. The van der Waals surface area contributed by atoms with Gasteiger partial charge in [-0.2, -0.15) is 0 Å². The van der Waals surface area contributed by atoms with E-state index in [1.54, 1.807) is 0 Å². The first-order valence-corrected chi connectivity index (χ1v) is 3.55. The molecule has 0 saturated heterocycles. The molecule has 4 heteroatoms. The summed E-state index contributed by atoms with van der Waals surface area (Å²) in [6.07, 6.45) is 0. The van der Waals surface area contributed by atoms with Crippen molar-refractivity contribution in [3.8, 4) is 5.75 Å². The van der Waals surface area contributed by atoms with Gasteiger partial charge >= 0.3 is 0 Å². The third-order valence-corrected chi connectivity index (χ3v) is 1.69. The summed E-state index contributed by atoms with van der Waals surface area (Å²) in [4.78, 5) is 10.6. The Kier molecular flexibility index (Phi) is 2.37. The lowest BCUT2D eigenvalue weighted by atomic mass is 10.2. The molecule has 0 aliphatic heterocycles. The summed E-state index contributed by atoms with van der Waals surface area (Å²) in [6.45, 7) is 0. The van der Waals surface area contributed by atoms with Crippen molar-refractivity contribution in [3.05, 3.63) is 28.8 Å². The van der Waals surface area contributed by atoms with Crippen LogP contribution in [-0.4, -0.2) is 10.3 Å². The Hall–Kier alpha value is -0.730. The van der Waals surface area contributed by atoms with Crippen molar-refractivity contribution >= 4 is 28.4 Å². The lowest BCUT2D eigenvalue weighted by molar-refractivity contribution is 0.108. The van der Waals surface area contributed by atoms with Gasteiger partial charge in [-0.05, 0) is 29.8 Å². The van der Waals surface area contributed by atoms with Gasteiger partial charge in [0.25, 0.3) is 5.24 Å². The number of rotatable bonds is 1. The van der Waals surface area contributed by atoms with Crippen LogP contribution in [-0.2, 0) is 0 Å². The summed E-state index contributed by atoms with van der Waals surface area (Å²) in [6, 6.07) is 4.01. The Morgan fingerprint density at radius 1 is 1.45 bits per heavy atom.